The molecule has 0 aliphatic carbocycles. The van der Waals surface area contributed by atoms with Gasteiger partial charge in [-0.25, -0.2) is 0 Å². The fraction of sp³-hybridized carbons (Fsp3) is 0.900. The van der Waals surface area contributed by atoms with E-state index in [-0.39, 0.29) is 0 Å². The molecule has 4 nitrogen and oxygen atoms in total. The lowest BCUT2D eigenvalue weighted by Gasteiger charge is -2.24. The lowest BCUT2D eigenvalue weighted by atomic mass is 10.4. The van der Waals surface area contributed by atoms with Crippen LogP contribution in [0.2, 0.25) is 12.1 Å². The van der Waals surface area contributed by atoms with Crippen LogP contribution in [0.4, 0.5) is 0 Å². The first-order valence-electron chi connectivity index (χ1n) is 11.0. The van der Waals surface area contributed by atoms with E-state index in [2.05, 4.69) is 27.7 Å². The normalized spacial score (nSPS) is 12.9. The Morgan fingerprint density at radius 3 is 1.00 bits per heavy atom. The van der Waals surface area contributed by atoms with Crippen LogP contribution in [0, 0.1) is 0 Å². The predicted octanol–water partition coefficient (Wildman–Crippen LogP) is 7.16. The SMILES string of the molecule is CCCCO[Si](Cl)(C/C=C/C[Si](Cl)(OCCCC)OCCCC)OCCCC. The number of unbranched alkanes of at least 4 members (excludes halogenated alkanes) is 4. The summed E-state index contributed by atoms with van der Waals surface area (Å²) in [5, 5.41) is 0. The minimum absolute atomic E-state index is 0.604. The van der Waals surface area contributed by atoms with Crippen LogP contribution >= 0.6 is 22.2 Å². The molecule has 0 radical (unpaired) electrons. The molecule has 0 rings (SSSR count). The van der Waals surface area contributed by atoms with Gasteiger partial charge in [0.25, 0.3) is 0 Å². The van der Waals surface area contributed by atoms with E-state index in [9.17, 15) is 0 Å². The van der Waals surface area contributed by atoms with Gasteiger partial charge in [0.15, 0.2) is 0 Å². The van der Waals surface area contributed by atoms with E-state index in [0.29, 0.717) is 38.5 Å². The van der Waals surface area contributed by atoms with E-state index in [4.69, 9.17) is 39.9 Å². The van der Waals surface area contributed by atoms with Crippen molar-refractivity contribution in [2.24, 2.45) is 0 Å². The molecule has 0 N–H and O–H groups in total. The maximum Gasteiger partial charge on any atom is 0.447 e. The summed E-state index contributed by atoms with van der Waals surface area (Å²) >= 11 is 13.4. The Kier molecular flexibility index (Phi) is 18.8. The minimum Gasteiger partial charge on any atom is -0.383 e. The zero-order chi connectivity index (χ0) is 21.1. The van der Waals surface area contributed by atoms with E-state index in [1.807, 2.05) is 12.2 Å². The standard InChI is InChI=1S/C20H42Cl2O4Si2/c1-5-9-15-23-27(21,24-16-10-6-2)19-13-14-20-28(22,25-17-11-7-3)26-18-12-8-4/h13-14H,5-12,15-20H2,1-4H3/b14-13+. The first kappa shape index (κ1) is 28.6. The zero-order valence-corrected chi connectivity index (χ0v) is 22.0. The number of rotatable bonds is 20. The van der Waals surface area contributed by atoms with Crippen molar-refractivity contribution < 1.29 is 17.7 Å². The van der Waals surface area contributed by atoms with Gasteiger partial charge in [0, 0.05) is 38.5 Å². The van der Waals surface area contributed by atoms with Crippen LogP contribution in [-0.2, 0) is 17.7 Å². The van der Waals surface area contributed by atoms with Crippen molar-refractivity contribution in [3.63, 3.8) is 0 Å². The van der Waals surface area contributed by atoms with Gasteiger partial charge in [-0.2, -0.15) is 0 Å². The number of allylic oxidation sites excluding steroid dienone is 2. The molecule has 0 saturated carbocycles. The van der Waals surface area contributed by atoms with Gasteiger partial charge in [-0.1, -0.05) is 87.7 Å². The van der Waals surface area contributed by atoms with Crippen LogP contribution in [-0.4, -0.2) is 42.2 Å². The topological polar surface area (TPSA) is 36.9 Å². The zero-order valence-electron chi connectivity index (χ0n) is 18.4. The number of hydrogen-bond donors (Lipinski definition) is 0. The monoisotopic (exact) mass is 472 g/mol. The summed E-state index contributed by atoms with van der Waals surface area (Å²) in [7, 11) is -5.41. The Balaban J connectivity index is 4.68. The van der Waals surface area contributed by atoms with Gasteiger partial charge >= 0.3 is 15.7 Å². The Hall–Kier alpha value is 0.594. The molecule has 0 atom stereocenters. The largest absolute Gasteiger partial charge is 0.447 e. The van der Waals surface area contributed by atoms with Crippen LogP contribution < -0.4 is 0 Å². The lowest BCUT2D eigenvalue weighted by molar-refractivity contribution is 0.183. The summed E-state index contributed by atoms with van der Waals surface area (Å²) in [4.78, 5) is 0. The van der Waals surface area contributed by atoms with Crippen LogP contribution in [0.15, 0.2) is 12.2 Å². The molecule has 0 spiro atoms. The number of halogens is 2. The molecule has 168 valence electrons. The third-order valence-electron chi connectivity index (χ3n) is 4.15. The molecular weight excluding hydrogens is 431 g/mol. The molecule has 0 heterocycles. The van der Waals surface area contributed by atoms with Crippen molar-refractivity contribution in [3.8, 4) is 0 Å². The van der Waals surface area contributed by atoms with E-state index in [0.717, 1.165) is 51.4 Å². The Morgan fingerprint density at radius 1 is 0.536 bits per heavy atom. The molecule has 8 heteroatoms. The molecule has 0 bridgehead atoms. The van der Waals surface area contributed by atoms with Gasteiger partial charge in [-0.3, -0.25) is 0 Å². The second kappa shape index (κ2) is 18.4. The van der Waals surface area contributed by atoms with E-state index in [1.54, 1.807) is 0 Å². The molecule has 0 unspecified atom stereocenters. The van der Waals surface area contributed by atoms with Crippen molar-refractivity contribution in [2.45, 2.75) is 91.1 Å². The maximum absolute atomic E-state index is 6.72. The Labute approximate surface area is 185 Å². The number of hydrogen-bond acceptors (Lipinski definition) is 4. The van der Waals surface area contributed by atoms with Gasteiger partial charge in [0.05, 0.1) is 0 Å². The summed E-state index contributed by atoms with van der Waals surface area (Å²) < 4.78 is 23.8. The van der Waals surface area contributed by atoms with Crippen LogP contribution in [0.3, 0.4) is 0 Å². The third kappa shape index (κ3) is 15.4. The van der Waals surface area contributed by atoms with Crippen LogP contribution in [0.1, 0.15) is 79.1 Å². The predicted molar refractivity (Wildman–Crippen MR) is 125 cm³/mol. The summed E-state index contributed by atoms with van der Waals surface area (Å²) in [6.07, 6.45) is 12.4. The molecule has 0 aliphatic rings. The van der Waals surface area contributed by atoms with Gasteiger partial charge in [0.2, 0.25) is 0 Å². The smallest absolute Gasteiger partial charge is 0.383 e. The van der Waals surface area contributed by atoms with Crippen molar-refractivity contribution in [3.05, 3.63) is 12.2 Å². The molecule has 0 aliphatic heterocycles. The van der Waals surface area contributed by atoms with Crippen molar-refractivity contribution in [1.82, 2.24) is 0 Å². The molecule has 0 aromatic carbocycles. The molecule has 28 heavy (non-hydrogen) atoms. The highest BCUT2D eigenvalue weighted by Crippen LogP contribution is 2.24. The van der Waals surface area contributed by atoms with Crippen molar-refractivity contribution in [2.75, 3.05) is 26.4 Å². The lowest BCUT2D eigenvalue weighted by Crippen LogP contribution is -2.37. The Morgan fingerprint density at radius 2 is 0.786 bits per heavy atom. The summed E-state index contributed by atoms with van der Waals surface area (Å²) in [6.45, 7) is 11.2. The highest BCUT2D eigenvalue weighted by molar-refractivity contribution is 7.13. The fourth-order valence-corrected chi connectivity index (χ4v) is 7.03. The van der Waals surface area contributed by atoms with Gasteiger partial charge in [0.1, 0.15) is 0 Å². The Bertz CT molecular complexity index is 333. The quantitative estimate of drug-likeness (QED) is 0.0813. The maximum atomic E-state index is 6.72. The summed E-state index contributed by atoms with van der Waals surface area (Å²) in [6, 6.07) is 1.21. The molecule has 0 aromatic heterocycles. The van der Waals surface area contributed by atoms with Crippen LogP contribution in [0.25, 0.3) is 0 Å². The average molecular weight is 474 g/mol. The molecule has 0 fully saturated rings. The molecule has 0 aromatic rings. The first-order valence-corrected chi connectivity index (χ1v) is 17.1. The minimum atomic E-state index is -2.71. The second-order valence-electron chi connectivity index (χ2n) is 7.01. The molecule has 0 amide bonds. The van der Waals surface area contributed by atoms with E-state index >= 15 is 0 Å². The van der Waals surface area contributed by atoms with E-state index in [1.165, 1.54) is 0 Å². The van der Waals surface area contributed by atoms with Crippen molar-refractivity contribution in [1.29, 1.82) is 0 Å². The molecule has 0 saturated heterocycles. The van der Waals surface area contributed by atoms with Gasteiger partial charge < -0.3 is 17.7 Å². The van der Waals surface area contributed by atoms with E-state index < -0.39 is 15.7 Å². The average Bonchev–Trinajstić information content (AvgIpc) is 2.66. The highest BCUT2D eigenvalue weighted by atomic mass is 35.6. The first-order chi connectivity index (χ1) is 13.4. The summed E-state index contributed by atoms with van der Waals surface area (Å²) in [5.74, 6) is 0. The van der Waals surface area contributed by atoms with Gasteiger partial charge in [-0.05, 0) is 25.7 Å². The van der Waals surface area contributed by atoms with Gasteiger partial charge in [-0.15, -0.1) is 0 Å². The molecular formula is C20H42Cl2O4Si2. The second-order valence-corrected chi connectivity index (χ2v) is 15.1. The fourth-order valence-electron chi connectivity index (χ4n) is 2.24. The van der Waals surface area contributed by atoms with Crippen molar-refractivity contribution >= 4 is 37.9 Å². The summed E-state index contributed by atoms with van der Waals surface area (Å²) in [5.41, 5.74) is 0. The highest BCUT2D eigenvalue weighted by Gasteiger charge is 2.36. The van der Waals surface area contributed by atoms with Crippen LogP contribution in [0.5, 0.6) is 0 Å². The third-order valence-corrected chi connectivity index (χ3v) is 10.4.